The highest BCUT2D eigenvalue weighted by Crippen LogP contribution is 2.59. The minimum atomic E-state index is -0.337. The van der Waals surface area contributed by atoms with Crippen molar-refractivity contribution in [3.63, 3.8) is 0 Å². The highest BCUT2D eigenvalue weighted by Gasteiger charge is 2.64. The van der Waals surface area contributed by atoms with Crippen LogP contribution in [-0.2, 0) is 0 Å². The molecule has 0 amide bonds. The molecule has 9 heavy (non-hydrogen) atoms. The molecule has 2 N–H and O–H groups in total. The predicted molar refractivity (Wildman–Crippen MR) is 35.2 cm³/mol. The van der Waals surface area contributed by atoms with Crippen LogP contribution in [0.4, 0.5) is 0 Å². The van der Waals surface area contributed by atoms with E-state index in [2.05, 4.69) is 5.32 Å². The van der Waals surface area contributed by atoms with E-state index < -0.39 is 0 Å². The molecule has 52 valence electrons. The van der Waals surface area contributed by atoms with Crippen LogP contribution < -0.4 is 5.32 Å². The average Bonchev–Trinajstić information content (AvgIpc) is 2.27. The van der Waals surface area contributed by atoms with E-state index in [1.54, 1.807) is 0 Å². The lowest BCUT2D eigenvalue weighted by atomic mass is 10.0. The van der Waals surface area contributed by atoms with Gasteiger partial charge in [-0.1, -0.05) is 0 Å². The molecular formula is C7H13NO. The van der Waals surface area contributed by atoms with Gasteiger partial charge in [0.05, 0.1) is 5.60 Å². The summed E-state index contributed by atoms with van der Waals surface area (Å²) in [6.45, 7) is 4.07. The van der Waals surface area contributed by atoms with Crippen LogP contribution in [0.2, 0.25) is 0 Å². The van der Waals surface area contributed by atoms with Gasteiger partial charge in [-0.05, 0) is 26.3 Å². The van der Waals surface area contributed by atoms with Gasteiger partial charge in [0.25, 0.3) is 0 Å². The van der Waals surface area contributed by atoms with Gasteiger partial charge in [0.15, 0.2) is 0 Å². The van der Waals surface area contributed by atoms with E-state index in [1.165, 1.54) is 6.42 Å². The standard InChI is InChI=1S/C7H13NO/c1-6(9)4-7(6)2-3-8-5-7/h8-9H,2-5H2,1H3. The fourth-order valence-corrected chi connectivity index (χ4v) is 1.97. The van der Waals surface area contributed by atoms with Gasteiger partial charge in [-0.3, -0.25) is 0 Å². The molecule has 1 spiro atoms. The van der Waals surface area contributed by atoms with Crippen LogP contribution in [0, 0.1) is 5.41 Å². The number of hydrogen-bond donors (Lipinski definition) is 2. The zero-order valence-corrected chi connectivity index (χ0v) is 5.78. The minimum Gasteiger partial charge on any atom is -0.390 e. The zero-order valence-electron chi connectivity index (χ0n) is 5.78. The largest absolute Gasteiger partial charge is 0.390 e. The Kier molecular flexibility index (Phi) is 0.837. The molecular weight excluding hydrogens is 114 g/mol. The predicted octanol–water partition coefficient (Wildman–Crippen LogP) is 0.121. The second-order valence-corrected chi connectivity index (χ2v) is 3.66. The second kappa shape index (κ2) is 1.32. The van der Waals surface area contributed by atoms with Gasteiger partial charge < -0.3 is 10.4 Å². The fourth-order valence-electron chi connectivity index (χ4n) is 1.97. The molecule has 2 nitrogen and oxygen atoms in total. The van der Waals surface area contributed by atoms with E-state index in [-0.39, 0.29) is 11.0 Å². The van der Waals surface area contributed by atoms with Crippen molar-refractivity contribution in [2.24, 2.45) is 5.41 Å². The Morgan fingerprint density at radius 2 is 2.22 bits per heavy atom. The third kappa shape index (κ3) is 0.578. The molecule has 1 saturated carbocycles. The molecule has 0 aromatic carbocycles. The molecule has 2 atom stereocenters. The summed E-state index contributed by atoms with van der Waals surface area (Å²) in [5, 5.41) is 12.8. The first-order valence-electron chi connectivity index (χ1n) is 3.59. The van der Waals surface area contributed by atoms with E-state index in [0.29, 0.717) is 0 Å². The fraction of sp³-hybridized carbons (Fsp3) is 1.00. The maximum absolute atomic E-state index is 9.54. The van der Waals surface area contributed by atoms with E-state index in [9.17, 15) is 5.11 Å². The van der Waals surface area contributed by atoms with Crippen LogP contribution in [0.15, 0.2) is 0 Å². The number of nitrogens with one attached hydrogen (secondary N) is 1. The van der Waals surface area contributed by atoms with Crippen LogP contribution in [0.3, 0.4) is 0 Å². The molecule has 1 aliphatic heterocycles. The van der Waals surface area contributed by atoms with E-state index in [1.807, 2.05) is 6.92 Å². The van der Waals surface area contributed by atoms with Crippen molar-refractivity contribution in [3.8, 4) is 0 Å². The first kappa shape index (κ1) is 5.69. The van der Waals surface area contributed by atoms with Crippen molar-refractivity contribution < 1.29 is 5.11 Å². The molecule has 0 aromatic heterocycles. The van der Waals surface area contributed by atoms with Gasteiger partial charge in [0.2, 0.25) is 0 Å². The zero-order chi connectivity index (χ0) is 6.54. The maximum Gasteiger partial charge on any atom is 0.0696 e. The highest BCUT2D eigenvalue weighted by atomic mass is 16.3. The van der Waals surface area contributed by atoms with Gasteiger partial charge in [-0.15, -0.1) is 0 Å². The van der Waals surface area contributed by atoms with E-state index >= 15 is 0 Å². The Morgan fingerprint density at radius 1 is 1.56 bits per heavy atom. The highest BCUT2D eigenvalue weighted by molar-refractivity contribution is 5.16. The maximum atomic E-state index is 9.54. The quantitative estimate of drug-likeness (QED) is 0.484. The molecule has 2 aliphatic rings. The topological polar surface area (TPSA) is 32.3 Å². The summed E-state index contributed by atoms with van der Waals surface area (Å²) in [6, 6.07) is 0. The Balaban J connectivity index is 2.13. The number of aliphatic hydroxyl groups is 1. The minimum absolute atomic E-state index is 0.285. The van der Waals surface area contributed by atoms with Crippen LogP contribution in [-0.4, -0.2) is 23.8 Å². The van der Waals surface area contributed by atoms with Crippen molar-refractivity contribution in [3.05, 3.63) is 0 Å². The third-order valence-corrected chi connectivity index (χ3v) is 2.94. The summed E-state index contributed by atoms with van der Waals surface area (Å²) < 4.78 is 0. The molecule has 1 aliphatic carbocycles. The van der Waals surface area contributed by atoms with Gasteiger partial charge in [-0.25, -0.2) is 0 Å². The Labute approximate surface area is 55.3 Å². The first-order chi connectivity index (χ1) is 4.16. The Hall–Kier alpha value is -0.0800. The normalized spacial score (nSPS) is 56.7. The van der Waals surface area contributed by atoms with Crippen molar-refractivity contribution in [1.29, 1.82) is 0 Å². The smallest absolute Gasteiger partial charge is 0.0696 e. The molecule has 2 rings (SSSR count). The first-order valence-corrected chi connectivity index (χ1v) is 3.59. The molecule has 2 fully saturated rings. The summed E-state index contributed by atoms with van der Waals surface area (Å²) in [7, 11) is 0. The monoisotopic (exact) mass is 127 g/mol. The van der Waals surface area contributed by atoms with Crippen LogP contribution >= 0.6 is 0 Å². The van der Waals surface area contributed by atoms with Crippen molar-refractivity contribution in [2.75, 3.05) is 13.1 Å². The molecule has 0 radical (unpaired) electrons. The van der Waals surface area contributed by atoms with Crippen molar-refractivity contribution >= 4 is 0 Å². The van der Waals surface area contributed by atoms with Gasteiger partial charge in [0, 0.05) is 12.0 Å². The summed E-state index contributed by atoms with van der Waals surface area (Å²) >= 11 is 0. The van der Waals surface area contributed by atoms with Gasteiger partial charge in [0.1, 0.15) is 0 Å². The summed E-state index contributed by atoms with van der Waals surface area (Å²) in [6.07, 6.45) is 2.17. The van der Waals surface area contributed by atoms with Gasteiger partial charge >= 0.3 is 0 Å². The summed E-state index contributed by atoms with van der Waals surface area (Å²) in [5.41, 5.74) is -0.0521. The van der Waals surface area contributed by atoms with Crippen LogP contribution in [0.25, 0.3) is 0 Å². The van der Waals surface area contributed by atoms with E-state index in [0.717, 1.165) is 19.5 Å². The lowest BCUT2D eigenvalue weighted by Gasteiger charge is -2.08. The van der Waals surface area contributed by atoms with E-state index in [4.69, 9.17) is 0 Å². The van der Waals surface area contributed by atoms with Crippen molar-refractivity contribution in [1.82, 2.24) is 5.32 Å². The molecule has 0 bridgehead atoms. The lowest BCUT2D eigenvalue weighted by molar-refractivity contribution is 0.123. The molecule has 2 heteroatoms. The summed E-state index contributed by atoms with van der Waals surface area (Å²) in [4.78, 5) is 0. The SMILES string of the molecule is CC1(O)CC12CCNC2. The Bertz CT molecular complexity index is 130. The number of hydrogen-bond acceptors (Lipinski definition) is 2. The lowest BCUT2D eigenvalue weighted by Crippen LogP contribution is -2.19. The van der Waals surface area contributed by atoms with Gasteiger partial charge in [-0.2, -0.15) is 0 Å². The number of rotatable bonds is 0. The molecule has 1 heterocycles. The molecule has 0 aromatic rings. The second-order valence-electron chi connectivity index (χ2n) is 3.66. The van der Waals surface area contributed by atoms with Crippen molar-refractivity contribution in [2.45, 2.75) is 25.4 Å². The summed E-state index contributed by atoms with van der Waals surface area (Å²) in [5.74, 6) is 0. The molecule has 1 saturated heterocycles. The third-order valence-electron chi connectivity index (χ3n) is 2.94. The molecule has 2 unspecified atom stereocenters. The Morgan fingerprint density at radius 3 is 2.44 bits per heavy atom. The average molecular weight is 127 g/mol. The van der Waals surface area contributed by atoms with Crippen LogP contribution in [0.5, 0.6) is 0 Å². The van der Waals surface area contributed by atoms with Crippen LogP contribution in [0.1, 0.15) is 19.8 Å².